The van der Waals surface area contributed by atoms with E-state index in [1.165, 1.54) is 6.07 Å². The SMILES string of the molecule is Cc1cc(=O)oc2cc(OCc3cc(-c4ccco4)on3)ccc12. The molecule has 24 heavy (non-hydrogen) atoms. The molecule has 0 aliphatic carbocycles. The van der Waals surface area contributed by atoms with Crippen molar-refractivity contribution < 1.29 is 18.1 Å². The second-order valence-electron chi connectivity index (χ2n) is 5.35. The summed E-state index contributed by atoms with van der Waals surface area (Å²) in [6.45, 7) is 2.09. The van der Waals surface area contributed by atoms with Crippen molar-refractivity contribution in [1.29, 1.82) is 0 Å². The fraction of sp³-hybridized carbons (Fsp3) is 0.111. The molecule has 0 saturated heterocycles. The summed E-state index contributed by atoms with van der Waals surface area (Å²) in [7, 11) is 0. The normalized spacial score (nSPS) is 11.0. The van der Waals surface area contributed by atoms with Gasteiger partial charge in [-0.15, -0.1) is 0 Å². The summed E-state index contributed by atoms with van der Waals surface area (Å²) in [5, 5.41) is 4.82. The lowest BCUT2D eigenvalue weighted by Crippen LogP contribution is -1.99. The van der Waals surface area contributed by atoms with Crippen molar-refractivity contribution in [2.75, 3.05) is 0 Å². The van der Waals surface area contributed by atoms with Gasteiger partial charge in [0.05, 0.1) is 6.26 Å². The van der Waals surface area contributed by atoms with E-state index in [0.29, 0.717) is 28.5 Å². The number of hydrogen-bond donors (Lipinski definition) is 0. The van der Waals surface area contributed by atoms with Crippen LogP contribution in [0.5, 0.6) is 5.75 Å². The van der Waals surface area contributed by atoms with Gasteiger partial charge in [0.1, 0.15) is 23.6 Å². The van der Waals surface area contributed by atoms with Crippen LogP contribution in [0, 0.1) is 6.92 Å². The first-order valence-corrected chi connectivity index (χ1v) is 7.36. The van der Waals surface area contributed by atoms with Gasteiger partial charge in [-0.1, -0.05) is 5.16 Å². The van der Waals surface area contributed by atoms with E-state index in [2.05, 4.69) is 5.16 Å². The lowest BCUT2D eigenvalue weighted by molar-refractivity contribution is 0.289. The number of aromatic nitrogens is 1. The van der Waals surface area contributed by atoms with Gasteiger partial charge in [0.2, 0.25) is 5.76 Å². The molecule has 0 aliphatic heterocycles. The molecule has 4 aromatic rings. The van der Waals surface area contributed by atoms with Crippen LogP contribution in [0.4, 0.5) is 0 Å². The van der Waals surface area contributed by atoms with Crippen LogP contribution < -0.4 is 10.4 Å². The van der Waals surface area contributed by atoms with E-state index < -0.39 is 0 Å². The van der Waals surface area contributed by atoms with Gasteiger partial charge in [-0.25, -0.2) is 4.79 Å². The standard InChI is InChI=1S/C18H13NO5/c1-11-7-18(20)23-16-9-13(4-5-14(11)16)22-10-12-8-17(24-19-12)15-3-2-6-21-15/h2-9H,10H2,1H3. The molecule has 0 bridgehead atoms. The summed E-state index contributed by atoms with van der Waals surface area (Å²) < 4.78 is 21.4. The van der Waals surface area contributed by atoms with E-state index in [9.17, 15) is 4.79 Å². The molecule has 0 radical (unpaired) electrons. The third-order valence-corrected chi connectivity index (χ3v) is 3.63. The molecule has 0 spiro atoms. The molecule has 0 aliphatic rings. The molecule has 3 heterocycles. The minimum Gasteiger partial charge on any atom is -0.487 e. The Kier molecular flexibility index (Phi) is 3.42. The molecule has 1 aromatic carbocycles. The van der Waals surface area contributed by atoms with E-state index in [1.54, 1.807) is 30.5 Å². The van der Waals surface area contributed by atoms with Crippen LogP contribution in [-0.2, 0) is 6.61 Å². The third kappa shape index (κ3) is 2.69. The van der Waals surface area contributed by atoms with E-state index in [0.717, 1.165) is 10.9 Å². The monoisotopic (exact) mass is 323 g/mol. The topological polar surface area (TPSA) is 78.6 Å². The molecular weight excluding hydrogens is 310 g/mol. The van der Waals surface area contributed by atoms with Crippen molar-refractivity contribution in [2.24, 2.45) is 0 Å². The average molecular weight is 323 g/mol. The van der Waals surface area contributed by atoms with Gasteiger partial charge >= 0.3 is 5.63 Å². The number of fused-ring (bicyclic) bond motifs is 1. The van der Waals surface area contributed by atoms with Crippen molar-refractivity contribution in [3.63, 3.8) is 0 Å². The number of furan rings is 1. The molecule has 0 atom stereocenters. The Balaban J connectivity index is 1.54. The maximum atomic E-state index is 11.5. The van der Waals surface area contributed by atoms with Gasteiger partial charge in [-0.3, -0.25) is 0 Å². The van der Waals surface area contributed by atoms with Crippen LogP contribution in [-0.4, -0.2) is 5.16 Å². The third-order valence-electron chi connectivity index (χ3n) is 3.63. The van der Waals surface area contributed by atoms with E-state index in [-0.39, 0.29) is 12.2 Å². The zero-order valence-electron chi connectivity index (χ0n) is 12.8. The molecule has 6 heteroatoms. The summed E-state index contributed by atoms with van der Waals surface area (Å²) in [5.41, 5.74) is 1.62. The molecule has 0 amide bonds. The molecule has 0 N–H and O–H groups in total. The van der Waals surface area contributed by atoms with Crippen LogP contribution in [0.3, 0.4) is 0 Å². The Morgan fingerprint density at radius 1 is 1.12 bits per heavy atom. The second-order valence-corrected chi connectivity index (χ2v) is 5.35. The highest BCUT2D eigenvalue weighted by Gasteiger charge is 2.10. The first-order chi connectivity index (χ1) is 11.7. The second kappa shape index (κ2) is 5.73. The first-order valence-electron chi connectivity index (χ1n) is 7.36. The predicted molar refractivity (Wildman–Crippen MR) is 85.8 cm³/mol. The minimum absolute atomic E-state index is 0.228. The average Bonchev–Trinajstić information content (AvgIpc) is 3.23. The summed E-state index contributed by atoms with van der Waals surface area (Å²) in [6.07, 6.45) is 1.57. The number of ether oxygens (including phenoxy) is 1. The van der Waals surface area contributed by atoms with Crippen molar-refractivity contribution in [2.45, 2.75) is 13.5 Å². The van der Waals surface area contributed by atoms with Gasteiger partial charge in [0.15, 0.2) is 5.76 Å². The van der Waals surface area contributed by atoms with Crippen molar-refractivity contribution in [1.82, 2.24) is 5.16 Å². The molecule has 120 valence electrons. The number of benzene rings is 1. The van der Waals surface area contributed by atoms with Crippen LogP contribution in [0.2, 0.25) is 0 Å². The fourth-order valence-corrected chi connectivity index (χ4v) is 2.47. The van der Waals surface area contributed by atoms with Gasteiger partial charge in [-0.05, 0) is 36.8 Å². The highest BCUT2D eigenvalue weighted by Crippen LogP contribution is 2.24. The highest BCUT2D eigenvalue weighted by atomic mass is 16.5. The fourth-order valence-electron chi connectivity index (χ4n) is 2.47. The lowest BCUT2D eigenvalue weighted by Gasteiger charge is -2.05. The van der Waals surface area contributed by atoms with Gasteiger partial charge < -0.3 is 18.1 Å². The Hall–Kier alpha value is -3.28. The zero-order valence-corrected chi connectivity index (χ0v) is 12.8. The van der Waals surface area contributed by atoms with Gasteiger partial charge in [0.25, 0.3) is 0 Å². The maximum absolute atomic E-state index is 11.5. The van der Waals surface area contributed by atoms with Crippen LogP contribution in [0.1, 0.15) is 11.3 Å². The molecular formula is C18H13NO5. The van der Waals surface area contributed by atoms with Crippen LogP contribution in [0.25, 0.3) is 22.5 Å². The first kappa shape index (κ1) is 14.3. The smallest absolute Gasteiger partial charge is 0.336 e. The Morgan fingerprint density at radius 2 is 2.04 bits per heavy atom. The van der Waals surface area contributed by atoms with E-state index in [1.807, 2.05) is 19.1 Å². The quantitative estimate of drug-likeness (QED) is 0.529. The molecule has 4 rings (SSSR count). The maximum Gasteiger partial charge on any atom is 0.336 e. The summed E-state index contributed by atoms with van der Waals surface area (Å²) in [5.74, 6) is 1.73. The van der Waals surface area contributed by atoms with Crippen molar-refractivity contribution >= 4 is 11.0 Å². The van der Waals surface area contributed by atoms with Crippen LogP contribution in [0.15, 0.2) is 66.9 Å². The van der Waals surface area contributed by atoms with Gasteiger partial charge in [-0.2, -0.15) is 0 Å². The summed E-state index contributed by atoms with van der Waals surface area (Å²) in [6, 6.07) is 12.2. The van der Waals surface area contributed by atoms with Crippen LogP contribution >= 0.6 is 0 Å². The summed E-state index contributed by atoms with van der Waals surface area (Å²) in [4.78, 5) is 11.5. The summed E-state index contributed by atoms with van der Waals surface area (Å²) >= 11 is 0. The number of hydrogen-bond acceptors (Lipinski definition) is 6. The van der Waals surface area contributed by atoms with Crippen molar-refractivity contribution in [3.05, 3.63) is 70.4 Å². The molecule has 0 fully saturated rings. The molecule has 0 saturated carbocycles. The van der Waals surface area contributed by atoms with E-state index >= 15 is 0 Å². The predicted octanol–water partition coefficient (Wildman–Crippen LogP) is 3.93. The van der Waals surface area contributed by atoms with E-state index in [4.69, 9.17) is 18.1 Å². The van der Waals surface area contributed by atoms with Crippen molar-refractivity contribution in [3.8, 4) is 17.3 Å². The number of aryl methyl sites for hydroxylation is 1. The van der Waals surface area contributed by atoms with Gasteiger partial charge in [0, 0.05) is 23.6 Å². The number of rotatable bonds is 4. The molecule has 6 nitrogen and oxygen atoms in total. The Morgan fingerprint density at radius 3 is 2.88 bits per heavy atom. The Labute approximate surface area is 136 Å². The molecule has 0 unspecified atom stereocenters. The molecule has 3 aromatic heterocycles. The minimum atomic E-state index is -0.378. The zero-order chi connectivity index (χ0) is 16.5. The number of nitrogens with zero attached hydrogens (tertiary/aromatic N) is 1. The lowest BCUT2D eigenvalue weighted by atomic mass is 10.1. The Bertz CT molecular complexity index is 1040. The largest absolute Gasteiger partial charge is 0.487 e. The highest BCUT2D eigenvalue weighted by molar-refractivity contribution is 5.81.